The topological polar surface area (TPSA) is 164 Å². The summed E-state index contributed by atoms with van der Waals surface area (Å²) in [6, 6.07) is -0.675. The molecular formula is C48H98N4O6. The van der Waals surface area contributed by atoms with Gasteiger partial charge in [-0.25, -0.2) is 0 Å². The van der Waals surface area contributed by atoms with Gasteiger partial charge in [0.05, 0.1) is 24.4 Å². The zero-order chi connectivity index (χ0) is 42.9. The van der Waals surface area contributed by atoms with E-state index in [1.54, 1.807) is 13.8 Å². The fraction of sp³-hybridized carbons (Fsp3) is 0.958. The lowest BCUT2D eigenvalue weighted by molar-refractivity contribution is -0.144. The predicted molar refractivity (Wildman–Crippen MR) is 246 cm³/mol. The number of hydrogen-bond acceptors (Lipinski definition) is 7. The quantitative estimate of drug-likeness (QED) is 0.0228. The van der Waals surface area contributed by atoms with Crippen LogP contribution in [0.2, 0.25) is 0 Å². The van der Waals surface area contributed by atoms with Crippen molar-refractivity contribution in [2.75, 3.05) is 32.8 Å². The van der Waals surface area contributed by atoms with E-state index in [1.807, 2.05) is 4.90 Å². The maximum absolute atomic E-state index is 12.5. The van der Waals surface area contributed by atoms with E-state index in [2.05, 4.69) is 18.8 Å². The summed E-state index contributed by atoms with van der Waals surface area (Å²) in [6.45, 7) is 10.6. The molecule has 0 radical (unpaired) electrons. The molecule has 10 nitrogen and oxygen atoms in total. The van der Waals surface area contributed by atoms with Crippen LogP contribution in [0.5, 0.6) is 0 Å². The van der Waals surface area contributed by atoms with E-state index in [1.165, 1.54) is 141 Å². The Bertz CT molecular complexity index is 853. The molecule has 0 amide bonds. The van der Waals surface area contributed by atoms with Crippen LogP contribution in [0.1, 0.15) is 233 Å². The highest BCUT2D eigenvalue weighted by Gasteiger charge is 2.25. The average Bonchev–Trinajstić information content (AvgIpc) is 3.18. The molecule has 0 saturated heterocycles. The van der Waals surface area contributed by atoms with Gasteiger partial charge in [0.1, 0.15) is 6.04 Å². The molecule has 0 aliphatic rings. The fourth-order valence-corrected chi connectivity index (χ4v) is 8.04. The molecule has 0 rings (SSSR count). The van der Waals surface area contributed by atoms with Crippen LogP contribution in [0.3, 0.4) is 0 Å². The summed E-state index contributed by atoms with van der Waals surface area (Å²) in [5, 5.41) is 31.1. The Morgan fingerprint density at radius 1 is 0.517 bits per heavy atom. The molecule has 10 heteroatoms. The van der Waals surface area contributed by atoms with Crippen molar-refractivity contribution in [1.82, 2.24) is 4.90 Å². The van der Waals surface area contributed by atoms with E-state index in [9.17, 15) is 20.1 Å². The Hall–Kier alpha value is -1.46. The number of aliphatic imine (C=N–C) groups is 1. The Morgan fingerprint density at radius 2 is 0.845 bits per heavy atom. The van der Waals surface area contributed by atoms with Crippen molar-refractivity contribution in [2.45, 2.75) is 264 Å². The number of rotatable bonds is 46. The Morgan fingerprint density at radius 3 is 1.14 bits per heavy atom. The lowest BCUT2D eigenvalue weighted by Gasteiger charge is -2.30. The number of aliphatic hydroxyl groups excluding tert-OH is 2. The number of carbonyl (C=O) groups is 1. The van der Waals surface area contributed by atoms with Crippen LogP contribution in [0, 0.1) is 0 Å². The number of nitrogens with zero attached hydrogens (tertiary/aromatic N) is 2. The van der Waals surface area contributed by atoms with Gasteiger partial charge in [-0.1, -0.05) is 181 Å². The van der Waals surface area contributed by atoms with Crippen molar-refractivity contribution in [2.24, 2.45) is 16.5 Å². The predicted octanol–water partition coefficient (Wildman–Crippen LogP) is 11.1. The normalized spacial score (nSPS) is 14.4. The maximum Gasteiger partial charge on any atom is 0.320 e. The van der Waals surface area contributed by atoms with Crippen molar-refractivity contribution in [3.05, 3.63) is 0 Å². The van der Waals surface area contributed by atoms with Crippen LogP contribution in [0.25, 0.3) is 0 Å². The third-order valence-electron chi connectivity index (χ3n) is 11.8. The van der Waals surface area contributed by atoms with Gasteiger partial charge in [0.15, 0.2) is 5.96 Å². The SMILES string of the molecule is CCCCCCCCCCCCCCCC(OCCCN(CCCOC(CCCCCCCCCCCCCCC)C(C)O)[C@@H](CCCN=C(N)N)C(=O)O)C(C)O. The Balaban J connectivity index is 4.67. The van der Waals surface area contributed by atoms with Gasteiger partial charge in [-0.2, -0.15) is 0 Å². The number of aliphatic carboxylic acids is 1. The second-order valence-electron chi connectivity index (χ2n) is 17.4. The van der Waals surface area contributed by atoms with Gasteiger partial charge in [0.2, 0.25) is 0 Å². The molecule has 0 heterocycles. The number of guanidine groups is 1. The number of ether oxygens (including phenoxy) is 2. The van der Waals surface area contributed by atoms with E-state index in [0.29, 0.717) is 58.5 Å². The molecule has 0 aromatic carbocycles. The molecule has 0 fully saturated rings. The highest BCUT2D eigenvalue weighted by Crippen LogP contribution is 2.18. The number of nitrogens with two attached hydrogens (primary N) is 2. The van der Waals surface area contributed by atoms with Crippen molar-refractivity contribution < 1.29 is 29.6 Å². The van der Waals surface area contributed by atoms with Gasteiger partial charge >= 0.3 is 5.97 Å². The summed E-state index contributed by atoms with van der Waals surface area (Å²) >= 11 is 0. The lowest BCUT2D eigenvalue weighted by Crippen LogP contribution is -2.43. The highest BCUT2D eigenvalue weighted by molar-refractivity contribution is 5.75. The van der Waals surface area contributed by atoms with Crippen molar-refractivity contribution >= 4 is 11.9 Å². The largest absolute Gasteiger partial charge is 0.480 e. The molecule has 0 saturated carbocycles. The van der Waals surface area contributed by atoms with Gasteiger partial charge in [-0.15, -0.1) is 0 Å². The first-order chi connectivity index (χ1) is 28.1. The molecular weight excluding hydrogens is 729 g/mol. The first-order valence-electron chi connectivity index (χ1n) is 24.7. The van der Waals surface area contributed by atoms with Gasteiger partial charge < -0.3 is 36.3 Å². The van der Waals surface area contributed by atoms with Gasteiger partial charge in [-0.3, -0.25) is 14.7 Å². The minimum absolute atomic E-state index is 0.0102. The van der Waals surface area contributed by atoms with Gasteiger partial charge in [-0.05, 0) is 52.4 Å². The summed E-state index contributed by atoms with van der Waals surface area (Å²) in [5.41, 5.74) is 11.0. The molecule has 0 spiro atoms. The van der Waals surface area contributed by atoms with Crippen molar-refractivity contribution in [3.8, 4) is 0 Å². The number of carboxylic acid groups (broad SMARTS) is 1. The third kappa shape index (κ3) is 36.4. The molecule has 7 N–H and O–H groups in total. The van der Waals surface area contributed by atoms with Crippen LogP contribution < -0.4 is 11.5 Å². The third-order valence-corrected chi connectivity index (χ3v) is 11.8. The van der Waals surface area contributed by atoms with Crippen molar-refractivity contribution in [3.63, 3.8) is 0 Å². The maximum atomic E-state index is 12.5. The molecule has 346 valence electrons. The molecule has 0 aromatic heterocycles. The highest BCUT2D eigenvalue weighted by atomic mass is 16.5. The Kier molecular flexibility index (Phi) is 41.2. The van der Waals surface area contributed by atoms with Crippen LogP contribution in [-0.4, -0.2) is 95.5 Å². The monoisotopic (exact) mass is 827 g/mol. The standard InChI is InChI=1S/C48H98N4O6/c1-5-7-9-11-13-15-17-19-21-23-25-27-29-35-45(42(3)53)57-40-32-38-52(44(47(55)56)34-31-37-51-48(49)50)39-33-41-58-46(43(4)54)36-30-28-26-24-22-20-18-16-14-12-10-8-6-2/h42-46,53-54H,5-41H2,1-4H3,(H,55,56)(H4,49,50,51)/t42?,43?,44-,45?,46?/m0/s1. The second-order valence-corrected chi connectivity index (χ2v) is 17.4. The van der Waals surface area contributed by atoms with Crippen LogP contribution in [-0.2, 0) is 14.3 Å². The van der Waals surface area contributed by atoms with Crippen molar-refractivity contribution in [1.29, 1.82) is 0 Å². The van der Waals surface area contributed by atoms with Crippen LogP contribution >= 0.6 is 0 Å². The van der Waals surface area contributed by atoms with E-state index in [4.69, 9.17) is 20.9 Å². The minimum Gasteiger partial charge on any atom is -0.480 e. The molecule has 5 atom stereocenters. The summed E-state index contributed by atoms with van der Waals surface area (Å²) in [7, 11) is 0. The molecule has 0 aromatic rings. The summed E-state index contributed by atoms with van der Waals surface area (Å²) in [6.07, 6.45) is 36.5. The van der Waals surface area contributed by atoms with E-state index in [0.717, 1.165) is 38.5 Å². The number of aliphatic hydroxyl groups is 2. The van der Waals surface area contributed by atoms with Gasteiger partial charge in [0, 0.05) is 32.8 Å². The average molecular weight is 827 g/mol. The van der Waals surface area contributed by atoms with Gasteiger partial charge in [0.25, 0.3) is 0 Å². The first kappa shape index (κ1) is 56.5. The Labute approximate surface area is 358 Å². The molecule has 58 heavy (non-hydrogen) atoms. The zero-order valence-electron chi connectivity index (χ0n) is 38.7. The lowest BCUT2D eigenvalue weighted by atomic mass is 10.0. The van der Waals surface area contributed by atoms with E-state index < -0.39 is 24.2 Å². The van der Waals surface area contributed by atoms with E-state index in [-0.39, 0.29) is 18.2 Å². The smallest absolute Gasteiger partial charge is 0.320 e. The summed E-state index contributed by atoms with van der Waals surface area (Å²) in [5.74, 6) is -0.851. The van der Waals surface area contributed by atoms with Crippen LogP contribution in [0.4, 0.5) is 0 Å². The number of unbranched alkanes of at least 4 members (excludes halogenated alkanes) is 24. The first-order valence-corrected chi connectivity index (χ1v) is 24.7. The second kappa shape index (κ2) is 42.2. The number of hydrogen-bond donors (Lipinski definition) is 5. The fourth-order valence-electron chi connectivity index (χ4n) is 8.04. The molecule has 0 aliphatic carbocycles. The molecule has 4 unspecified atom stereocenters. The zero-order valence-corrected chi connectivity index (χ0v) is 38.7. The molecule has 0 bridgehead atoms. The van der Waals surface area contributed by atoms with Crippen LogP contribution in [0.15, 0.2) is 4.99 Å². The summed E-state index contributed by atoms with van der Waals surface area (Å²) < 4.78 is 12.4. The van der Waals surface area contributed by atoms with E-state index >= 15 is 0 Å². The number of carboxylic acids is 1. The minimum atomic E-state index is -0.861. The summed E-state index contributed by atoms with van der Waals surface area (Å²) in [4.78, 5) is 18.5. The molecule has 0 aliphatic heterocycles.